The molecule has 1 amide bonds. The van der Waals surface area contributed by atoms with Crippen LogP contribution in [0.3, 0.4) is 0 Å². The summed E-state index contributed by atoms with van der Waals surface area (Å²) in [6, 6.07) is 4.03. The molecule has 1 aliphatic carbocycles. The number of carbonyl (C=O) groups excluding carboxylic acids is 1. The predicted molar refractivity (Wildman–Crippen MR) is 108 cm³/mol. The van der Waals surface area contributed by atoms with Gasteiger partial charge < -0.3 is 15.0 Å². The number of amides is 1. The van der Waals surface area contributed by atoms with Crippen molar-refractivity contribution >= 4 is 28.7 Å². The average Bonchev–Trinajstić information content (AvgIpc) is 3.34. The molecule has 1 saturated carbocycles. The van der Waals surface area contributed by atoms with E-state index in [1.54, 1.807) is 10.9 Å². The molecule has 1 fully saturated rings. The van der Waals surface area contributed by atoms with Crippen LogP contribution >= 0.6 is 11.6 Å². The van der Waals surface area contributed by atoms with Crippen molar-refractivity contribution in [2.24, 2.45) is 7.05 Å². The Balaban J connectivity index is 1.54. The molecule has 3 aromatic heterocycles. The van der Waals surface area contributed by atoms with Crippen LogP contribution in [-0.2, 0) is 11.8 Å². The summed E-state index contributed by atoms with van der Waals surface area (Å²) in [6.45, 7) is 3.83. The normalized spacial score (nSPS) is 19.5. The summed E-state index contributed by atoms with van der Waals surface area (Å²) in [5, 5.41) is 8.60. The Morgan fingerprint density at radius 1 is 1.43 bits per heavy atom. The Hall–Kier alpha value is -2.54. The lowest BCUT2D eigenvalue weighted by molar-refractivity contribution is 0.0982. The molecule has 8 heteroatoms. The molecule has 0 aliphatic heterocycles. The zero-order valence-corrected chi connectivity index (χ0v) is 17.0. The Labute approximate surface area is 168 Å². The number of hydrogen-bond acceptors (Lipinski definition) is 4. The van der Waals surface area contributed by atoms with E-state index in [9.17, 15) is 4.79 Å². The number of nitrogens with one attached hydrogen (secondary N) is 2. The molecule has 3 heterocycles. The second-order valence-corrected chi connectivity index (χ2v) is 8.03. The van der Waals surface area contributed by atoms with Crippen LogP contribution in [0.4, 0.5) is 4.79 Å². The SMILES string of the molecule is CC(C)NC(=O)O[C@@H]1CC[C@H](c2cnc3[nH]c(-c4ccnn4C)cc3c2Cl)C1. The predicted octanol–water partition coefficient (Wildman–Crippen LogP) is 4.39. The molecule has 148 valence electrons. The first-order valence-electron chi connectivity index (χ1n) is 9.55. The number of pyridine rings is 1. The standard InChI is InChI=1S/C20H24ClN5O2/c1-11(2)24-20(27)28-13-5-4-12(8-13)15-10-22-19-14(18(15)21)9-16(25-19)17-6-7-23-26(17)3/h6-7,9-13H,4-5,8H2,1-3H3,(H,22,25)(H,24,27)/t12-,13+/m0/s1. The quantitative estimate of drug-likeness (QED) is 0.679. The second-order valence-electron chi connectivity index (χ2n) is 7.65. The van der Waals surface area contributed by atoms with Crippen molar-refractivity contribution in [3.05, 3.63) is 35.1 Å². The molecule has 4 rings (SSSR count). The molecule has 0 saturated heterocycles. The molecular weight excluding hydrogens is 378 g/mol. The molecule has 2 N–H and O–H groups in total. The molecule has 2 atom stereocenters. The fourth-order valence-electron chi connectivity index (χ4n) is 3.87. The molecule has 0 radical (unpaired) electrons. The maximum absolute atomic E-state index is 11.9. The van der Waals surface area contributed by atoms with E-state index >= 15 is 0 Å². The topological polar surface area (TPSA) is 84.8 Å². The third-order valence-corrected chi connectivity index (χ3v) is 5.64. The van der Waals surface area contributed by atoms with Gasteiger partial charge in [0, 0.05) is 30.9 Å². The van der Waals surface area contributed by atoms with Gasteiger partial charge >= 0.3 is 6.09 Å². The maximum atomic E-state index is 11.9. The number of aromatic nitrogens is 4. The zero-order chi connectivity index (χ0) is 19.8. The zero-order valence-electron chi connectivity index (χ0n) is 16.2. The first kappa shape index (κ1) is 18.8. The van der Waals surface area contributed by atoms with Crippen LogP contribution in [0.25, 0.3) is 22.4 Å². The summed E-state index contributed by atoms with van der Waals surface area (Å²) in [7, 11) is 1.90. The van der Waals surface area contributed by atoms with Gasteiger partial charge in [-0.25, -0.2) is 9.78 Å². The minimum absolute atomic E-state index is 0.0629. The molecule has 3 aromatic rings. The van der Waals surface area contributed by atoms with Crippen LogP contribution in [0.5, 0.6) is 0 Å². The number of rotatable bonds is 4. The van der Waals surface area contributed by atoms with E-state index in [0.29, 0.717) is 5.02 Å². The Morgan fingerprint density at radius 3 is 2.96 bits per heavy atom. The van der Waals surface area contributed by atoms with E-state index in [1.165, 1.54) is 0 Å². The van der Waals surface area contributed by atoms with Crippen molar-refractivity contribution in [2.75, 3.05) is 0 Å². The molecule has 0 aromatic carbocycles. The van der Waals surface area contributed by atoms with Crippen LogP contribution < -0.4 is 5.32 Å². The molecule has 0 unspecified atom stereocenters. The summed E-state index contributed by atoms with van der Waals surface area (Å²) in [4.78, 5) is 19.8. The van der Waals surface area contributed by atoms with Crippen molar-refractivity contribution in [2.45, 2.75) is 51.2 Å². The van der Waals surface area contributed by atoms with Gasteiger partial charge in [-0.05, 0) is 56.7 Å². The maximum Gasteiger partial charge on any atom is 0.407 e. The minimum atomic E-state index is -0.355. The van der Waals surface area contributed by atoms with Crippen LogP contribution in [0.2, 0.25) is 5.02 Å². The largest absolute Gasteiger partial charge is 0.446 e. The van der Waals surface area contributed by atoms with Crippen molar-refractivity contribution in [1.29, 1.82) is 0 Å². The van der Waals surface area contributed by atoms with Gasteiger partial charge in [0.2, 0.25) is 0 Å². The van der Waals surface area contributed by atoms with E-state index in [0.717, 1.165) is 47.2 Å². The number of hydrogen-bond donors (Lipinski definition) is 2. The number of fused-ring (bicyclic) bond motifs is 1. The molecular formula is C20H24ClN5O2. The van der Waals surface area contributed by atoms with Gasteiger partial charge in [-0.1, -0.05) is 11.6 Å². The summed E-state index contributed by atoms with van der Waals surface area (Å²) >= 11 is 6.76. The van der Waals surface area contributed by atoms with Crippen LogP contribution in [-0.4, -0.2) is 38.0 Å². The summed E-state index contributed by atoms with van der Waals surface area (Å²) in [6.07, 6.45) is 5.67. The lowest BCUT2D eigenvalue weighted by Gasteiger charge is -2.15. The number of ether oxygens (including phenoxy) is 1. The number of H-pyrrole nitrogens is 1. The molecule has 7 nitrogen and oxygen atoms in total. The fourth-order valence-corrected chi connectivity index (χ4v) is 4.22. The number of halogens is 1. The van der Waals surface area contributed by atoms with E-state index in [4.69, 9.17) is 16.3 Å². The highest BCUT2D eigenvalue weighted by Crippen LogP contribution is 2.41. The third kappa shape index (κ3) is 3.58. The number of aromatic amines is 1. The Bertz CT molecular complexity index is 1010. The minimum Gasteiger partial charge on any atom is -0.446 e. The lowest BCUT2D eigenvalue weighted by Crippen LogP contribution is -2.33. The van der Waals surface area contributed by atoms with E-state index in [2.05, 4.69) is 20.4 Å². The van der Waals surface area contributed by atoms with Gasteiger partial charge in [-0.2, -0.15) is 5.10 Å². The van der Waals surface area contributed by atoms with Crippen molar-refractivity contribution in [3.8, 4) is 11.4 Å². The first-order chi connectivity index (χ1) is 13.4. The summed E-state index contributed by atoms with van der Waals surface area (Å²) < 4.78 is 7.34. The summed E-state index contributed by atoms with van der Waals surface area (Å²) in [5.41, 5.74) is 3.67. The van der Waals surface area contributed by atoms with Gasteiger partial charge in [0.25, 0.3) is 0 Å². The van der Waals surface area contributed by atoms with Gasteiger partial charge in [0.15, 0.2) is 0 Å². The number of aryl methyl sites for hydroxylation is 1. The highest BCUT2D eigenvalue weighted by atomic mass is 35.5. The Morgan fingerprint density at radius 2 is 2.25 bits per heavy atom. The van der Waals surface area contributed by atoms with Gasteiger partial charge in [0.1, 0.15) is 11.8 Å². The van der Waals surface area contributed by atoms with Gasteiger partial charge in [-0.15, -0.1) is 0 Å². The number of carbonyl (C=O) groups is 1. The molecule has 0 bridgehead atoms. The van der Waals surface area contributed by atoms with Gasteiger partial charge in [0.05, 0.1) is 16.4 Å². The number of nitrogens with zero attached hydrogens (tertiary/aromatic N) is 3. The third-order valence-electron chi connectivity index (χ3n) is 5.22. The van der Waals surface area contributed by atoms with E-state index in [-0.39, 0.29) is 24.2 Å². The number of alkyl carbamates (subject to hydrolysis) is 1. The van der Waals surface area contributed by atoms with Crippen LogP contribution in [0, 0.1) is 0 Å². The lowest BCUT2D eigenvalue weighted by atomic mass is 9.98. The van der Waals surface area contributed by atoms with Crippen molar-refractivity contribution in [1.82, 2.24) is 25.1 Å². The van der Waals surface area contributed by atoms with Crippen molar-refractivity contribution < 1.29 is 9.53 Å². The summed E-state index contributed by atoms with van der Waals surface area (Å²) in [5.74, 6) is 0.233. The second kappa shape index (κ2) is 7.47. The highest BCUT2D eigenvalue weighted by molar-refractivity contribution is 6.36. The van der Waals surface area contributed by atoms with Crippen LogP contribution in [0.15, 0.2) is 24.5 Å². The average molecular weight is 402 g/mol. The van der Waals surface area contributed by atoms with E-state index < -0.39 is 0 Å². The smallest absolute Gasteiger partial charge is 0.407 e. The van der Waals surface area contributed by atoms with Crippen molar-refractivity contribution in [3.63, 3.8) is 0 Å². The highest BCUT2D eigenvalue weighted by Gasteiger charge is 2.31. The molecule has 28 heavy (non-hydrogen) atoms. The first-order valence-corrected chi connectivity index (χ1v) is 9.92. The van der Waals surface area contributed by atoms with E-state index in [1.807, 2.05) is 39.2 Å². The molecule has 0 spiro atoms. The van der Waals surface area contributed by atoms with Gasteiger partial charge in [-0.3, -0.25) is 4.68 Å². The fraction of sp³-hybridized carbons (Fsp3) is 0.450. The monoisotopic (exact) mass is 401 g/mol. The Kier molecular flexibility index (Phi) is 5.02. The molecule has 1 aliphatic rings. The van der Waals surface area contributed by atoms with Crippen LogP contribution in [0.1, 0.15) is 44.6 Å².